The van der Waals surface area contributed by atoms with Gasteiger partial charge in [-0.1, -0.05) is 24.3 Å². The maximum absolute atomic E-state index is 11.0. The molecule has 0 amide bonds. The van der Waals surface area contributed by atoms with Crippen LogP contribution in [0.2, 0.25) is 0 Å². The standard InChI is InChI=1S/C30H24N4O2P2/c35-13-37-29-32-26-8-6-19-20(27(26)33-29)5-3-17-10-22-15(9-21(17)19)1-2-16-12-24-18(11-23(16)22)4-7-25-28(24)34-30(31-25)38-14-36/h3,5,9-14,37-38H,1-2,4,6-8H2,(H,31,34)(H,32,33). The average Bonchev–Trinajstić information content (AvgIpc) is 3.55. The van der Waals surface area contributed by atoms with E-state index < -0.39 is 0 Å². The molecular formula is C30H24N4O2P2. The van der Waals surface area contributed by atoms with Crippen LogP contribution in [0.1, 0.15) is 33.6 Å². The molecule has 2 aromatic heterocycles. The number of carbonyl (C=O) groups is 2. The average molecular weight is 534 g/mol. The summed E-state index contributed by atoms with van der Waals surface area (Å²) in [7, 11) is 0.144. The molecule has 0 saturated heterocycles. The number of aryl methyl sites for hydroxylation is 6. The first-order valence-corrected chi connectivity index (χ1v) is 15.2. The molecule has 0 fully saturated rings. The van der Waals surface area contributed by atoms with Crippen LogP contribution in [0.5, 0.6) is 0 Å². The Hall–Kier alpha value is -3.46. The minimum atomic E-state index is 0.0695. The highest BCUT2D eigenvalue weighted by Gasteiger charge is 2.27. The maximum Gasteiger partial charge on any atom is 0.146 e. The van der Waals surface area contributed by atoms with Crippen LogP contribution in [0, 0.1) is 0 Å². The highest BCUT2D eigenvalue weighted by Crippen LogP contribution is 2.44. The number of H-pyrrole nitrogens is 2. The second kappa shape index (κ2) is 8.53. The molecule has 186 valence electrons. The number of hydrogen-bond acceptors (Lipinski definition) is 4. The largest absolute Gasteiger partial charge is 0.341 e. The second-order valence-electron chi connectivity index (χ2n) is 10.3. The summed E-state index contributed by atoms with van der Waals surface area (Å²) in [5, 5.41) is 2.61. The lowest BCUT2D eigenvalue weighted by Gasteiger charge is -2.26. The summed E-state index contributed by atoms with van der Waals surface area (Å²) in [6.07, 6.45) is 5.85. The maximum atomic E-state index is 11.0. The first-order valence-electron chi connectivity index (χ1n) is 13.0. The number of fused-ring (bicyclic) bond motifs is 11. The van der Waals surface area contributed by atoms with Gasteiger partial charge in [0.2, 0.25) is 0 Å². The van der Waals surface area contributed by atoms with Crippen LogP contribution in [0.15, 0.2) is 36.4 Å². The molecule has 3 aliphatic rings. The third-order valence-electron chi connectivity index (χ3n) is 8.37. The molecule has 2 atom stereocenters. The quantitative estimate of drug-likeness (QED) is 0.261. The lowest BCUT2D eigenvalue weighted by Crippen LogP contribution is -2.10. The summed E-state index contributed by atoms with van der Waals surface area (Å²) < 4.78 is 0. The van der Waals surface area contributed by atoms with Gasteiger partial charge in [-0.2, -0.15) is 0 Å². The Balaban J connectivity index is 1.24. The second-order valence-corrected chi connectivity index (χ2v) is 12.3. The SMILES string of the molecule is O=CPc1nc2c([nH]1)CCc1cc3c(cc1-2)CCc1cc2c4c(ccc2cc1-3)-c1nc(PC=O)[nH]c1CC4. The van der Waals surface area contributed by atoms with E-state index in [2.05, 4.69) is 46.4 Å². The van der Waals surface area contributed by atoms with Crippen molar-refractivity contribution in [3.63, 3.8) is 0 Å². The van der Waals surface area contributed by atoms with E-state index in [4.69, 9.17) is 9.97 Å². The van der Waals surface area contributed by atoms with E-state index in [0.29, 0.717) is 0 Å². The van der Waals surface area contributed by atoms with Crippen molar-refractivity contribution in [1.82, 2.24) is 19.9 Å². The van der Waals surface area contributed by atoms with Crippen LogP contribution in [-0.4, -0.2) is 32.0 Å². The monoisotopic (exact) mass is 534 g/mol. The number of aromatic amines is 2. The molecule has 0 spiro atoms. The summed E-state index contributed by atoms with van der Waals surface area (Å²) in [6.45, 7) is 0. The van der Waals surface area contributed by atoms with Crippen molar-refractivity contribution in [3.8, 4) is 33.6 Å². The third kappa shape index (κ3) is 3.33. The molecule has 38 heavy (non-hydrogen) atoms. The van der Waals surface area contributed by atoms with E-state index in [1.165, 1.54) is 55.3 Å². The summed E-state index contributed by atoms with van der Waals surface area (Å²) in [5.74, 6) is 0. The van der Waals surface area contributed by atoms with E-state index in [1.807, 2.05) is 0 Å². The number of hydrogen-bond donors (Lipinski definition) is 2. The number of nitrogens with one attached hydrogen (secondary N) is 2. The fraction of sp³-hybridized carbons (Fsp3) is 0.200. The molecule has 3 aromatic carbocycles. The van der Waals surface area contributed by atoms with E-state index in [-0.39, 0.29) is 17.2 Å². The van der Waals surface area contributed by atoms with Crippen molar-refractivity contribution >= 4 is 51.1 Å². The number of rotatable bonds is 4. The van der Waals surface area contributed by atoms with Crippen molar-refractivity contribution in [1.29, 1.82) is 0 Å². The molecule has 0 saturated carbocycles. The fourth-order valence-electron chi connectivity index (χ4n) is 6.66. The normalized spacial score (nSPS) is 15.3. The van der Waals surface area contributed by atoms with Gasteiger partial charge in [-0.05, 0) is 94.8 Å². The molecule has 3 aliphatic carbocycles. The Morgan fingerprint density at radius 1 is 0.632 bits per heavy atom. The van der Waals surface area contributed by atoms with Crippen molar-refractivity contribution in [2.24, 2.45) is 0 Å². The lowest BCUT2D eigenvalue weighted by molar-refractivity contribution is 0.569. The van der Waals surface area contributed by atoms with Crippen molar-refractivity contribution < 1.29 is 9.59 Å². The number of benzene rings is 3. The Morgan fingerprint density at radius 3 is 1.95 bits per heavy atom. The summed E-state index contributed by atoms with van der Waals surface area (Å²) in [6, 6.07) is 15.9. The number of nitrogens with zero attached hydrogens (tertiary/aromatic N) is 2. The molecule has 8 heteroatoms. The molecule has 8 rings (SSSR count). The van der Waals surface area contributed by atoms with E-state index in [1.54, 1.807) is 0 Å². The van der Waals surface area contributed by atoms with Gasteiger partial charge in [0.1, 0.15) is 23.2 Å². The molecule has 5 aromatic rings. The van der Waals surface area contributed by atoms with Gasteiger partial charge in [-0.15, -0.1) is 0 Å². The smallest absolute Gasteiger partial charge is 0.146 e. The van der Waals surface area contributed by atoms with Crippen LogP contribution < -0.4 is 11.1 Å². The topological polar surface area (TPSA) is 91.5 Å². The molecule has 0 radical (unpaired) electrons. The van der Waals surface area contributed by atoms with Gasteiger partial charge in [0, 0.05) is 39.7 Å². The fourth-order valence-corrected chi connectivity index (χ4v) is 7.68. The summed E-state index contributed by atoms with van der Waals surface area (Å²) >= 11 is 0. The first kappa shape index (κ1) is 22.5. The van der Waals surface area contributed by atoms with Gasteiger partial charge in [0.15, 0.2) is 0 Å². The number of imidazole rings is 2. The zero-order valence-corrected chi connectivity index (χ0v) is 22.6. The van der Waals surface area contributed by atoms with Crippen LogP contribution >= 0.6 is 17.2 Å². The molecule has 2 N–H and O–H groups in total. The van der Waals surface area contributed by atoms with Gasteiger partial charge >= 0.3 is 0 Å². The van der Waals surface area contributed by atoms with Crippen LogP contribution in [-0.2, 0) is 48.1 Å². The minimum absolute atomic E-state index is 0.0695. The van der Waals surface area contributed by atoms with E-state index in [9.17, 15) is 9.59 Å². The summed E-state index contributed by atoms with van der Waals surface area (Å²) in [5.41, 5.74) is 16.6. The van der Waals surface area contributed by atoms with Gasteiger partial charge < -0.3 is 9.97 Å². The van der Waals surface area contributed by atoms with E-state index in [0.717, 1.165) is 84.5 Å². The van der Waals surface area contributed by atoms with E-state index >= 15 is 0 Å². The van der Waals surface area contributed by atoms with Crippen LogP contribution in [0.4, 0.5) is 0 Å². The Kier molecular flexibility index (Phi) is 5.05. The predicted molar refractivity (Wildman–Crippen MR) is 156 cm³/mol. The van der Waals surface area contributed by atoms with Crippen LogP contribution in [0.25, 0.3) is 44.4 Å². The van der Waals surface area contributed by atoms with Gasteiger partial charge in [-0.3, -0.25) is 9.59 Å². The highest BCUT2D eigenvalue weighted by atomic mass is 31.1. The zero-order valence-electron chi connectivity index (χ0n) is 20.6. The van der Waals surface area contributed by atoms with Gasteiger partial charge in [0.25, 0.3) is 0 Å². The number of carbonyl (C=O) groups excluding carboxylic acids is 2. The molecule has 6 nitrogen and oxygen atoms in total. The molecular weight excluding hydrogens is 510 g/mol. The zero-order chi connectivity index (χ0) is 25.4. The predicted octanol–water partition coefficient (Wildman–Crippen LogP) is 4.57. The molecule has 2 heterocycles. The van der Waals surface area contributed by atoms with Crippen LogP contribution in [0.3, 0.4) is 0 Å². The lowest BCUT2D eigenvalue weighted by atomic mass is 9.79. The Morgan fingerprint density at radius 2 is 1.21 bits per heavy atom. The molecule has 0 aliphatic heterocycles. The molecule has 2 unspecified atom stereocenters. The Bertz CT molecular complexity index is 1830. The third-order valence-corrected chi connectivity index (χ3v) is 9.62. The Labute approximate surface area is 222 Å². The van der Waals surface area contributed by atoms with Crippen molar-refractivity contribution in [3.05, 3.63) is 70.0 Å². The number of aromatic nitrogens is 4. The molecule has 0 bridgehead atoms. The van der Waals surface area contributed by atoms with Crippen molar-refractivity contribution in [2.75, 3.05) is 0 Å². The first-order chi connectivity index (χ1) is 18.7. The highest BCUT2D eigenvalue weighted by molar-refractivity contribution is 7.62. The van der Waals surface area contributed by atoms with Crippen molar-refractivity contribution in [2.45, 2.75) is 38.5 Å². The van der Waals surface area contributed by atoms with Gasteiger partial charge in [0.05, 0.1) is 11.4 Å². The van der Waals surface area contributed by atoms with Gasteiger partial charge in [-0.25, -0.2) is 9.97 Å². The summed E-state index contributed by atoms with van der Waals surface area (Å²) in [4.78, 5) is 38.4. The minimum Gasteiger partial charge on any atom is -0.341 e.